The number of aryl methyl sites for hydroxylation is 1. The van der Waals surface area contributed by atoms with Gasteiger partial charge in [0.05, 0.1) is 16.6 Å². The van der Waals surface area contributed by atoms with Crippen LogP contribution >= 0.6 is 0 Å². The van der Waals surface area contributed by atoms with E-state index in [0.29, 0.717) is 5.56 Å². The van der Waals surface area contributed by atoms with Crippen molar-refractivity contribution >= 4 is 21.6 Å². The van der Waals surface area contributed by atoms with Gasteiger partial charge >= 0.3 is 0 Å². The van der Waals surface area contributed by atoms with Crippen LogP contribution in [0.3, 0.4) is 0 Å². The van der Waals surface area contributed by atoms with Gasteiger partial charge in [-0.1, -0.05) is 18.2 Å². The third kappa shape index (κ3) is 5.12. The van der Waals surface area contributed by atoms with Crippen LogP contribution in [0.5, 0.6) is 0 Å². The molecular weight excluding hydrogens is 457 g/mol. The number of sulfonamides is 1. The molecule has 0 spiro atoms. The molecule has 4 rings (SSSR count). The maximum absolute atomic E-state index is 13.1. The first-order valence-corrected chi connectivity index (χ1v) is 11.9. The number of aromatic nitrogens is 3. The van der Waals surface area contributed by atoms with Crippen LogP contribution in [0.15, 0.2) is 84.3 Å². The Bertz CT molecular complexity index is 1400. The Morgan fingerprint density at radius 1 is 1.03 bits per heavy atom. The molecule has 4 aromatic rings. The van der Waals surface area contributed by atoms with Crippen LogP contribution in [0.2, 0.25) is 0 Å². The highest BCUT2D eigenvalue weighted by molar-refractivity contribution is 7.92. The van der Waals surface area contributed by atoms with E-state index in [1.807, 2.05) is 31.2 Å². The Hall–Kier alpha value is -4.05. The summed E-state index contributed by atoms with van der Waals surface area (Å²) in [7, 11) is -3.97. The fraction of sp³-hybridized carbons (Fsp3) is 0.125. The molecule has 1 heterocycles. The largest absolute Gasteiger partial charge is 0.346 e. The van der Waals surface area contributed by atoms with Gasteiger partial charge in [-0.05, 0) is 73.5 Å². The summed E-state index contributed by atoms with van der Waals surface area (Å²) in [5.41, 5.74) is 2.80. The van der Waals surface area contributed by atoms with Crippen LogP contribution in [0.25, 0.3) is 5.69 Å². The van der Waals surface area contributed by atoms with Crippen molar-refractivity contribution in [2.45, 2.75) is 24.8 Å². The lowest BCUT2D eigenvalue weighted by atomic mass is 10.1. The van der Waals surface area contributed by atoms with Crippen LogP contribution in [0, 0.1) is 12.7 Å². The minimum atomic E-state index is -3.97. The smallest absolute Gasteiger partial charge is 0.261 e. The molecule has 0 saturated carbocycles. The van der Waals surface area contributed by atoms with Gasteiger partial charge in [-0.3, -0.25) is 9.52 Å². The summed E-state index contributed by atoms with van der Waals surface area (Å²) in [5.74, 6) is -0.872. The molecule has 0 saturated heterocycles. The predicted molar refractivity (Wildman–Crippen MR) is 126 cm³/mol. The minimum absolute atomic E-state index is 0.0718. The maximum atomic E-state index is 13.1. The summed E-state index contributed by atoms with van der Waals surface area (Å²) in [6.45, 7) is 3.57. The van der Waals surface area contributed by atoms with E-state index in [0.717, 1.165) is 23.4 Å². The summed E-state index contributed by atoms with van der Waals surface area (Å²) < 4.78 is 42.7. The number of amides is 1. The van der Waals surface area contributed by atoms with E-state index in [1.54, 1.807) is 24.0 Å². The van der Waals surface area contributed by atoms with Gasteiger partial charge in [0.15, 0.2) is 0 Å². The third-order valence-corrected chi connectivity index (χ3v) is 6.66. The number of halogens is 1. The molecule has 3 aromatic carbocycles. The Kier molecular flexibility index (Phi) is 6.42. The van der Waals surface area contributed by atoms with Crippen molar-refractivity contribution in [2.75, 3.05) is 4.72 Å². The number of nitrogens with one attached hydrogen (secondary N) is 2. The van der Waals surface area contributed by atoms with E-state index < -0.39 is 21.7 Å². The van der Waals surface area contributed by atoms with Crippen molar-refractivity contribution in [2.24, 2.45) is 0 Å². The molecule has 1 aromatic heterocycles. The Balaban J connectivity index is 1.50. The van der Waals surface area contributed by atoms with Gasteiger partial charge < -0.3 is 5.32 Å². The minimum Gasteiger partial charge on any atom is -0.346 e. The van der Waals surface area contributed by atoms with Crippen LogP contribution in [0.1, 0.15) is 34.5 Å². The highest BCUT2D eigenvalue weighted by Gasteiger charge is 2.20. The predicted octanol–water partition coefficient (Wildman–Crippen LogP) is 4.01. The first-order valence-electron chi connectivity index (χ1n) is 10.4. The van der Waals surface area contributed by atoms with Gasteiger partial charge in [-0.25, -0.2) is 22.5 Å². The van der Waals surface area contributed by atoms with E-state index in [4.69, 9.17) is 0 Å². The van der Waals surface area contributed by atoms with Crippen molar-refractivity contribution in [3.8, 4) is 5.69 Å². The van der Waals surface area contributed by atoms with Crippen molar-refractivity contribution in [1.29, 1.82) is 0 Å². The van der Waals surface area contributed by atoms with Crippen LogP contribution in [-0.2, 0) is 10.0 Å². The fourth-order valence-electron chi connectivity index (χ4n) is 3.36. The molecule has 34 heavy (non-hydrogen) atoms. The zero-order valence-corrected chi connectivity index (χ0v) is 19.3. The first kappa shape index (κ1) is 23.1. The zero-order valence-electron chi connectivity index (χ0n) is 18.4. The zero-order chi connectivity index (χ0) is 24.3. The molecule has 2 N–H and O–H groups in total. The van der Waals surface area contributed by atoms with Crippen molar-refractivity contribution in [3.05, 3.63) is 102 Å². The number of hydrogen-bond donors (Lipinski definition) is 2. The van der Waals surface area contributed by atoms with Gasteiger partial charge in [0.2, 0.25) is 0 Å². The molecule has 1 unspecified atom stereocenters. The first-order chi connectivity index (χ1) is 16.2. The quantitative estimate of drug-likeness (QED) is 0.417. The van der Waals surface area contributed by atoms with Crippen LogP contribution < -0.4 is 10.0 Å². The third-order valence-electron chi connectivity index (χ3n) is 5.28. The lowest BCUT2D eigenvalue weighted by Gasteiger charge is -2.17. The highest BCUT2D eigenvalue weighted by Crippen LogP contribution is 2.21. The average molecular weight is 480 g/mol. The number of hydrogen-bond acceptors (Lipinski definition) is 5. The summed E-state index contributed by atoms with van der Waals surface area (Å²) >= 11 is 0. The van der Waals surface area contributed by atoms with Gasteiger partial charge in [-0.2, -0.15) is 5.10 Å². The number of nitrogens with zero attached hydrogens (tertiary/aromatic N) is 3. The number of carbonyl (C=O) groups is 1. The fourth-order valence-corrected chi connectivity index (χ4v) is 4.44. The highest BCUT2D eigenvalue weighted by atomic mass is 32.2. The number of rotatable bonds is 7. The summed E-state index contributed by atoms with van der Waals surface area (Å²) in [4.78, 5) is 16.8. The normalized spacial score (nSPS) is 12.2. The standard InChI is InChI=1S/C24H22FN5O3S/c1-16-3-12-22(34(32,33)29-20-8-6-19(25)7-9-20)13-23(16)24(31)28-17(2)18-4-10-21(11-5-18)30-15-26-14-27-30/h3-15,17,29H,1-2H3,(H,28,31). The topological polar surface area (TPSA) is 106 Å². The lowest BCUT2D eigenvalue weighted by Crippen LogP contribution is -2.27. The van der Waals surface area contributed by atoms with Gasteiger partial charge in [0.25, 0.3) is 15.9 Å². The molecule has 8 nitrogen and oxygen atoms in total. The van der Waals surface area contributed by atoms with Crippen molar-refractivity contribution in [3.63, 3.8) is 0 Å². The second kappa shape index (κ2) is 9.44. The van der Waals surface area contributed by atoms with E-state index in [-0.39, 0.29) is 22.2 Å². The molecule has 0 radical (unpaired) electrons. The van der Waals surface area contributed by atoms with Gasteiger partial charge in [-0.15, -0.1) is 0 Å². The molecule has 0 aliphatic heterocycles. The second-order valence-corrected chi connectivity index (χ2v) is 9.40. The van der Waals surface area contributed by atoms with E-state index in [2.05, 4.69) is 20.1 Å². The van der Waals surface area contributed by atoms with E-state index in [9.17, 15) is 17.6 Å². The Morgan fingerprint density at radius 2 is 1.74 bits per heavy atom. The number of benzene rings is 3. The maximum Gasteiger partial charge on any atom is 0.261 e. The summed E-state index contributed by atoms with van der Waals surface area (Å²) in [6, 6.07) is 16.5. The Morgan fingerprint density at radius 3 is 2.38 bits per heavy atom. The monoisotopic (exact) mass is 479 g/mol. The second-order valence-electron chi connectivity index (χ2n) is 7.72. The van der Waals surface area contributed by atoms with E-state index >= 15 is 0 Å². The SMILES string of the molecule is Cc1ccc(S(=O)(=O)Nc2ccc(F)cc2)cc1C(=O)NC(C)c1ccc(-n2cncn2)cc1. The van der Waals surface area contributed by atoms with Gasteiger partial charge in [0.1, 0.15) is 18.5 Å². The molecular formula is C24H22FN5O3S. The lowest BCUT2D eigenvalue weighted by molar-refractivity contribution is 0.0939. The molecule has 0 aliphatic carbocycles. The summed E-state index contributed by atoms with van der Waals surface area (Å²) in [6.07, 6.45) is 3.04. The van der Waals surface area contributed by atoms with Crippen LogP contribution in [0.4, 0.5) is 10.1 Å². The molecule has 1 amide bonds. The van der Waals surface area contributed by atoms with Crippen molar-refractivity contribution in [1.82, 2.24) is 20.1 Å². The molecule has 10 heteroatoms. The molecule has 0 bridgehead atoms. The number of anilines is 1. The summed E-state index contributed by atoms with van der Waals surface area (Å²) in [5, 5.41) is 6.99. The average Bonchev–Trinajstić information content (AvgIpc) is 3.35. The van der Waals surface area contributed by atoms with Crippen LogP contribution in [-0.4, -0.2) is 29.1 Å². The molecule has 0 aliphatic rings. The molecule has 174 valence electrons. The molecule has 0 fully saturated rings. The molecule has 1 atom stereocenters. The Labute approximate surface area is 196 Å². The van der Waals surface area contributed by atoms with Crippen molar-refractivity contribution < 1.29 is 17.6 Å². The van der Waals surface area contributed by atoms with E-state index in [1.165, 1.54) is 30.6 Å². The van der Waals surface area contributed by atoms with Gasteiger partial charge in [0, 0.05) is 11.3 Å². The number of carbonyl (C=O) groups excluding carboxylic acids is 1.